The minimum absolute atomic E-state index is 0.0939. The molecular formula is C14H13Cl3N4O. The Morgan fingerprint density at radius 1 is 1.36 bits per heavy atom. The van der Waals surface area contributed by atoms with Gasteiger partial charge in [0.15, 0.2) is 10.5 Å². The summed E-state index contributed by atoms with van der Waals surface area (Å²) < 4.78 is -0.0812. The lowest BCUT2D eigenvalue weighted by Crippen LogP contribution is -2.43. The van der Waals surface area contributed by atoms with E-state index in [9.17, 15) is 4.79 Å². The summed E-state index contributed by atoms with van der Waals surface area (Å²) >= 11 is 18.1. The van der Waals surface area contributed by atoms with Crippen LogP contribution in [0.1, 0.15) is 11.7 Å². The van der Waals surface area contributed by atoms with Crippen molar-refractivity contribution < 1.29 is 4.79 Å². The maximum absolute atomic E-state index is 12.1. The third kappa shape index (κ3) is 4.47. The molecule has 1 heterocycles. The van der Waals surface area contributed by atoms with Gasteiger partial charge in [0.25, 0.3) is 0 Å². The number of nitrogens with one attached hydrogen (secondary N) is 1. The van der Waals surface area contributed by atoms with E-state index in [1.807, 2.05) is 30.3 Å². The number of nitrogens with zero attached hydrogens (tertiary/aromatic N) is 3. The van der Waals surface area contributed by atoms with Crippen molar-refractivity contribution in [2.24, 2.45) is 0 Å². The fourth-order valence-electron chi connectivity index (χ4n) is 1.71. The highest BCUT2D eigenvalue weighted by Crippen LogP contribution is 2.33. The summed E-state index contributed by atoms with van der Waals surface area (Å²) in [7, 11) is 0. The number of carbonyl (C=O) groups excluding carboxylic acids is 1. The monoisotopic (exact) mass is 358 g/mol. The molecule has 0 fully saturated rings. The maximum Gasteiger partial charge on any atom is 0.245 e. The van der Waals surface area contributed by atoms with Gasteiger partial charge in [-0.3, -0.25) is 4.79 Å². The molecule has 0 radical (unpaired) electrons. The van der Waals surface area contributed by atoms with Gasteiger partial charge in [-0.15, -0.1) is 11.6 Å². The maximum atomic E-state index is 12.1. The molecule has 22 heavy (non-hydrogen) atoms. The molecule has 1 amide bonds. The van der Waals surface area contributed by atoms with E-state index in [-0.39, 0.29) is 11.8 Å². The third-order valence-electron chi connectivity index (χ3n) is 2.79. The van der Waals surface area contributed by atoms with E-state index in [2.05, 4.69) is 15.4 Å². The fourth-order valence-corrected chi connectivity index (χ4v) is 2.16. The second-order valence-corrected chi connectivity index (χ2v) is 6.23. The first kappa shape index (κ1) is 16.8. The molecule has 0 saturated carbocycles. The lowest BCUT2D eigenvalue weighted by atomic mass is 10.2. The molecule has 1 unspecified atom stereocenters. The highest BCUT2D eigenvalue weighted by molar-refractivity contribution is 6.51. The summed E-state index contributed by atoms with van der Waals surface area (Å²) in [6.07, 6.45) is 4.94. The molecule has 0 aliphatic heterocycles. The van der Waals surface area contributed by atoms with E-state index >= 15 is 0 Å². The molecule has 116 valence electrons. The Kier molecular flexibility index (Phi) is 5.83. The van der Waals surface area contributed by atoms with Gasteiger partial charge < -0.3 is 5.32 Å². The zero-order valence-electron chi connectivity index (χ0n) is 11.4. The van der Waals surface area contributed by atoms with Crippen LogP contribution in [0.2, 0.25) is 0 Å². The number of halogens is 3. The molecular weight excluding hydrogens is 347 g/mol. The second-order valence-electron chi connectivity index (χ2n) is 4.43. The average Bonchev–Trinajstić information content (AvgIpc) is 3.05. The summed E-state index contributed by atoms with van der Waals surface area (Å²) in [6, 6.07) is 9.42. The molecule has 2 aromatic rings. The number of rotatable bonds is 6. The normalized spacial score (nSPS) is 13.2. The smallest absolute Gasteiger partial charge is 0.245 e. The lowest BCUT2D eigenvalue weighted by molar-refractivity contribution is -0.117. The Hall–Kier alpha value is -1.56. The van der Waals surface area contributed by atoms with E-state index in [4.69, 9.17) is 34.8 Å². The van der Waals surface area contributed by atoms with Gasteiger partial charge in [-0.05, 0) is 11.6 Å². The summed E-state index contributed by atoms with van der Waals surface area (Å²) in [4.78, 5) is 15.9. The summed E-state index contributed by atoms with van der Waals surface area (Å²) in [5, 5.41) is 6.61. The highest BCUT2D eigenvalue weighted by atomic mass is 35.5. The predicted molar refractivity (Wildman–Crippen MR) is 87.8 cm³/mol. The van der Waals surface area contributed by atoms with Crippen LogP contribution in [0.5, 0.6) is 0 Å². The van der Waals surface area contributed by atoms with Crippen LogP contribution in [0.15, 0.2) is 49.1 Å². The van der Waals surface area contributed by atoms with Crippen LogP contribution < -0.4 is 5.32 Å². The molecule has 1 aromatic carbocycles. The van der Waals surface area contributed by atoms with Crippen molar-refractivity contribution in [3.05, 3.63) is 54.6 Å². The third-order valence-corrected chi connectivity index (χ3v) is 4.16. The molecule has 2 rings (SSSR count). The molecule has 0 aliphatic carbocycles. The quantitative estimate of drug-likeness (QED) is 0.637. The van der Waals surface area contributed by atoms with Crippen LogP contribution in [0.25, 0.3) is 6.08 Å². The van der Waals surface area contributed by atoms with Crippen LogP contribution in [-0.4, -0.2) is 30.9 Å². The summed E-state index contributed by atoms with van der Waals surface area (Å²) in [6.45, 7) is 0. The van der Waals surface area contributed by atoms with Crippen LogP contribution in [0.3, 0.4) is 0 Å². The minimum Gasteiger partial charge on any atom is -0.328 e. The molecule has 1 atom stereocenters. The minimum atomic E-state index is -1.43. The summed E-state index contributed by atoms with van der Waals surface area (Å²) in [5.74, 6) is -0.469. The van der Waals surface area contributed by atoms with Gasteiger partial charge in [0.1, 0.15) is 12.7 Å². The van der Waals surface area contributed by atoms with Crippen molar-refractivity contribution in [1.82, 2.24) is 20.1 Å². The topological polar surface area (TPSA) is 59.8 Å². The van der Waals surface area contributed by atoms with Gasteiger partial charge >= 0.3 is 0 Å². The highest BCUT2D eigenvalue weighted by Gasteiger charge is 2.37. The number of amides is 1. The van der Waals surface area contributed by atoms with Crippen molar-refractivity contribution in [3.8, 4) is 0 Å². The van der Waals surface area contributed by atoms with Crippen LogP contribution in [0.4, 0.5) is 0 Å². The largest absolute Gasteiger partial charge is 0.328 e. The van der Waals surface area contributed by atoms with E-state index in [1.165, 1.54) is 23.4 Å². The molecule has 1 aromatic heterocycles. The Balaban J connectivity index is 2.11. The van der Waals surface area contributed by atoms with Crippen molar-refractivity contribution >= 4 is 46.8 Å². The number of carbonyl (C=O) groups is 1. The number of aromatic nitrogens is 3. The molecule has 5 nitrogen and oxygen atoms in total. The van der Waals surface area contributed by atoms with E-state index in [0.717, 1.165) is 5.56 Å². The Morgan fingerprint density at radius 3 is 2.68 bits per heavy atom. The first-order valence-electron chi connectivity index (χ1n) is 6.34. The average molecular weight is 360 g/mol. The Bertz CT molecular complexity index is 629. The SMILES string of the molecule is O=C(/C=C/c1ccccc1)NC(n1cncn1)C(Cl)(Cl)CCl. The van der Waals surface area contributed by atoms with E-state index in [0.29, 0.717) is 0 Å². The van der Waals surface area contributed by atoms with Gasteiger partial charge in [-0.25, -0.2) is 9.67 Å². The van der Waals surface area contributed by atoms with Crippen molar-refractivity contribution in [2.45, 2.75) is 10.5 Å². The van der Waals surface area contributed by atoms with Crippen LogP contribution >= 0.6 is 34.8 Å². The molecule has 0 bridgehead atoms. The number of benzene rings is 1. The zero-order chi connectivity index (χ0) is 16.0. The zero-order valence-corrected chi connectivity index (χ0v) is 13.6. The van der Waals surface area contributed by atoms with Gasteiger partial charge in [0, 0.05) is 6.08 Å². The lowest BCUT2D eigenvalue weighted by Gasteiger charge is -2.28. The van der Waals surface area contributed by atoms with Gasteiger partial charge in [0.05, 0.1) is 5.88 Å². The Morgan fingerprint density at radius 2 is 2.09 bits per heavy atom. The summed E-state index contributed by atoms with van der Waals surface area (Å²) in [5.41, 5.74) is 0.898. The van der Waals surface area contributed by atoms with Gasteiger partial charge in [0.2, 0.25) is 5.91 Å². The number of hydrogen-bond donors (Lipinski definition) is 1. The molecule has 0 aliphatic rings. The first-order chi connectivity index (χ1) is 10.5. The molecule has 1 N–H and O–H groups in total. The van der Waals surface area contributed by atoms with Crippen molar-refractivity contribution in [2.75, 3.05) is 5.88 Å². The van der Waals surface area contributed by atoms with E-state index < -0.39 is 10.5 Å². The standard InChI is InChI=1S/C14H13Cl3N4O/c15-8-14(16,17)13(21-10-18-9-19-21)20-12(22)7-6-11-4-2-1-3-5-11/h1-7,9-10,13H,8H2,(H,20,22)/b7-6+. The van der Waals surface area contributed by atoms with Crippen LogP contribution in [-0.2, 0) is 4.79 Å². The molecule has 8 heteroatoms. The van der Waals surface area contributed by atoms with Crippen LogP contribution in [0, 0.1) is 0 Å². The Labute approximate surface area is 142 Å². The van der Waals surface area contributed by atoms with Gasteiger partial charge in [-0.1, -0.05) is 53.5 Å². The van der Waals surface area contributed by atoms with Gasteiger partial charge in [-0.2, -0.15) is 5.10 Å². The first-order valence-corrected chi connectivity index (χ1v) is 7.63. The predicted octanol–water partition coefficient (Wildman–Crippen LogP) is 3.02. The van der Waals surface area contributed by atoms with Crippen molar-refractivity contribution in [3.63, 3.8) is 0 Å². The number of alkyl halides is 3. The molecule has 0 spiro atoms. The second kappa shape index (κ2) is 7.63. The van der Waals surface area contributed by atoms with E-state index in [1.54, 1.807) is 6.08 Å². The van der Waals surface area contributed by atoms with Crippen molar-refractivity contribution in [1.29, 1.82) is 0 Å². The fraction of sp³-hybridized carbons (Fsp3) is 0.214. The number of hydrogen-bond acceptors (Lipinski definition) is 3. The molecule has 0 saturated heterocycles.